The maximum Gasteiger partial charge on any atom is 0.221 e. The zero-order chi connectivity index (χ0) is 13.8. The van der Waals surface area contributed by atoms with Gasteiger partial charge in [-0.1, -0.05) is 13.8 Å². The van der Waals surface area contributed by atoms with Crippen LogP contribution in [0.2, 0.25) is 0 Å². The molecule has 1 aromatic heterocycles. The Balaban J connectivity index is 1.82. The Bertz CT molecular complexity index is 456. The van der Waals surface area contributed by atoms with Gasteiger partial charge in [0.1, 0.15) is 17.5 Å². The number of carbonyl (C=O) groups excluding carboxylic acids is 1. The maximum atomic E-state index is 11.5. The molecule has 0 aromatic carbocycles. The summed E-state index contributed by atoms with van der Waals surface area (Å²) in [6.07, 6.45) is 2.66. The number of rotatable bonds is 6. The number of aromatic nitrogens is 2. The Labute approximate surface area is 113 Å². The predicted octanol–water partition coefficient (Wildman–Crippen LogP) is 1.26. The van der Waals surface area contributed by atoms with Crippen LogP contribution < -0.4 is 16.4 Å². The first-order valence-corrected chi connectivity index (χ1v) is 6.72. The lowest BCUT2D eigenvalue weighted by Gasteiger charge is -2.10. The van der Waals surface area contributed by atoms with Crippen molar-refractivity contribution in [2.75, 3.05) is 17.6 Å². The van der Waals surface area contributed by atoms with E-state index in [1.807, 2.05) is 13.8 Å². The van der Waals surface area contributed by atoms with Crippen LogP contribution in [0.3, 0.4) is 0 Å². The van der Waals surface area contributed by atoms with Crippen LogP contribution in [0.1, 0.15) is 44.9 Å². The Morgan fingerprint density at radius 1 is 1.47 bits per heavy atom. The molecule has 19 heavy (non-hydrogen) atoms. The first-order valence-electron chi connectivity index (χ1n) is 6.72. The average Bonchev–Trinajstić information content (AvgIpc) is 3.12. The Morgan fingerprint density at radius 3 is 2.84 bits per heavy atom. The quantitative estimate of drug-likeness (QED) is 0.718. The lowest BCUT2D eigenvalue weighted by molar-refractivity contribution is -0.120. The van der Waals surface area contributed by atoms with E-state index >= 15 is 0 Å². The molecule has 1 aromatic rings. The summed E-state index contributed by atoms with van der Waals surface area (Å²) in [5.74, 6) is 2.15. The van der Waals surface area contributed by atoms with Crippen LogP contribution in [0, 0.1) is 0 Å². The molecule has 4 N–H and O–H groups in total. The van der Waals surface area contributed by atoms with Crippen LogP contribution in [-0.2, 0) is 4.79 Å². The molecule has 104 valence electrons. The van der Waals surface area contributed by atoms with Crippen molar-refractivity contribution >= 4 is 17.5 Å². The van der Waals surface area contributed by atoms with Crippen LogP contribution in [0.5, 0.6) is 0 Å². The Hall–Kier alpha value is -1.85. The number of hydrogen-bond acceptors (Lipinski definition) is 5. The highest BCUT2D eigenvalue weighted by Crippen LogP contribution is 2.18. The van der Waals surface area contributed by atoms with E-state index < -0.39 is 0 Å². The molecule has 0 aliphatic heterocycles. The summed E-state index contributed by atoms with van der Waals surface area (Å²) in [6, 6.07) is 2.10. The maximum absolute atomic E-state index is 11.5. The van der Waals surface area contributed by atoms with Gasteiger partial charge in [-0.2, -0.15) is 0 Å². The number of hydrogen-bond donors (Lipinski definition) is 3. The smallest absolute Gasteiger partial charge is 0.221 e. The van der Waals surface area contributed by atoms with Crippen molar-refractivity contribution in [3.63, 3.8) is 0 Å². The molecular formula is C13H21N5O. The number of anilines is 2. The van der Waals surface area contributed by atoms with Gasteiger partial charge < -0.3 is 16.4 Å². The second kappa shape index (κ2) is 5.86. The van der Waals surface area contributed by atoms with Gasteiger partial charge >= 0.3 is 0 Å². The van der Waals surface area contributed by atoms with Crippen LogP contribution >= 0.6 is 0 Å². The van der Waals surface area contributed by atoms with Gasteiger partial charge in [0.05, 0.1) is 0 Å². The molecule has 0 radical (unpaired) electrons. The van der Waals surface area contributed by atoms with E-state index in [-0.39, 0.29) is 11.8 Å². The highest BCUT2D eigenvalue weighted by atomic mass is 16.1. The minimum atomic E-state index is 0.0844. The van der Waals surface area contributed by atoms with E-state index in [0.29, 0.717) is 36.5 Å². The molecule has 0 atom stereocenters. The predicted molar refractivity (Wildman–Crippen MR) is 74.8 cm³/mol. The minimum absolute atomic E-state index is 0.0844. The second-order valence-corrected chi connectivity index (χ2v) is 5.21. The Morgan fingerprint density at radius 2 is 2.21 bits per heavy atom. The van der Waals surface area contributed by atoms with Crippen LogP contribution in [0.4, 0.5) is 11.6 Å². The fourth-order valence-corrected chi connectivity index (χ4v) is 1.67. The van der Waals surface area contributed by atoms with Gasteiger partial charge in [-0.25, -0.2) is 9.97 Å². The van der Waals surface area contributed by atoms with Crippen molar-refractivity contribution < 1.29 is 4.79 Å². The second-order valence-electron chi connectivity index (χ2n) is 5.21. The molecule has 0 bridgehead atoms. The van der Waals surface area contributed by atoms with E-state index in [0.717, 1.165) is 12.8 Å². The van der Waals surface area contributed by atoms with Gasteiger partial charge in [0.25, 0.3) is 0 Å². The molecule has 0 unspecified atom stereocenters. The van der Waals surface area contributed by atoms with E-state index in [1.165, 1.54) is 0 Å². The van der Waals surface area contributed by atoms with Gasteiger partial charge in [0.2, 0.25) is 5.91 Å². The van der Waals surface area contributed by atoms with Gasteiger partial charge in [-0.05, 0) is 12.8 Å². The van der Waals surface area contributed by atoms with E-state index in [4.69, 9.17) is 5.73 Å². The number of nitrogens with zero attached hydrogens (tertiary/aromatic N) is 2. The average molecular weight is 263 g/mol. The summed E-state index contributed by atoms with van der Waals surface area (Å²) in [5.41, 5.74) is 5.73. The van der Waals surface area contributed by atoms with E-state index in [1.54, 1.807) is 6.07 Å². The SMILES string of the molecule is CC(C)c1nc(N)cc(NCCC(=O)NC2CC2)n1. The third-order valence-electron chi connectivity index (χ3n) is 2.88. The van der Waals surface area contributed by atoms with E-state index in [9.17, 15) is 4.79 Å². The number of nitrogens with two attached hydrogens (primary N) is 1. The van der Waals surface area contributed by atoms with Gasteiger partial charge in [0, 0.05) is 31.0 Å². The molecule has 0 spiro atoms. The fourth-order valence-electron chi connectivity index (χ4n) is 1.67. The van der Waals surface area contributed by atoms with Crippen molar-refractivity contribution in [3.8, 4) is 0 Å². The van der Waals surface area contributed by atoms with Gasteiger partial charge in [-0.3, -0.25) is 4.79 Å². The zero-order valence-corrected chi connectivity index (χ0v) is 11.4. The molecule has 1 aliphatic carbocycles. The standard InChI is InChI=1S/C13H21N5O/c1-8(2)13-17-10(14)7-11(18-13)15-6-5-12(19)16-9-3-4-9/h7-9H,3-6H2,1-2H3,(H,16,19)(H3,14,15,17,18). The van der Waals surface area contributed by atoms with E-state index in [2.05, 4.69) is 20.6 Å². The summed E-state index contributed by atoms with van der Waals surface area (Å²) < 4.78 is 0. The molecule has 1 fully saturated rings. The number of carbonyl (C=O) groups is 1. The normalized spacial score (nSPS) is 14.5. The van der Waals surface area contributed by atoms with Gasteiger partial charge in [-0.15, -0.1) is 0 Å². The summed E-state index contributed by atoms with van der Waals surface area (Å²) in [4.78, 5) is 20.1. The molecule has 1 saturated carbocycles. The fraction of sp³-hybridized carbons (Fsp3) is 0.615. The van der Waals surface area contributed by atoms with Crippen LogP contribution in [0.25, 0.3) is 0 Å². The number of nitrogens with one attached hydrogen (secondary N) is 2. The molecule has 1 amide bonds. The third-order valence-corrected chi connectivity index (χ3v) is 2.88. The lowest BCUT2D eigenvalue weighted by atomic mass is 10.2. The number of nitrogen functional groups attached to an aromatic ring is 1. The third kappa shape index (κ3) is 4.39. The molecule has 2 rings (SSSR count). The monoisotopic (exact) mass is 263 g/mol. The first kappa shape index (κ1) is 13.6. The highest BCUT2D eigenvalue weighted by Gasteiger charge is 2.22. The topological polar surface area (TPSA) is 92.9 Å². The first-order chi connectivity index (χ1) is 9.04. The molecule has 0 saturated heterocycles. The van der Waals surface area contributed by atoms with Crippen molar-refractivity contribution in [2.45, 2.75) is 45.1 Å². The number of amides is 1. The van der Waals surface area contributed by atoms with Crippen molar-refractivity contribution in [1.82, 2.24) is 15.3 Å². The minimum Gasteiger partial charge on any atom is -0.384 e. The Kier molecular flexibility index (Phi) is 4.19. The molecule has 1 aliphatic rings. The van der Waals surface area contributed by atoms with Crippen molar-refractivity contribution in [3.05, 3.63) is 11.9 Å². The van der Waals surface area contributed by atoms with Crippen LogP contribution in [-0.4, -0.2) is 28.5 Å². The van der Waals surface area contributed by atoms with Gasteiger partial charge in [0.15, 0.2) is 0 Å². The largest absolute Gasteiger partial charge is 0.384 e. The summed E-state index contributed by atoms with van der Waals surface area (Å²) in [5, 5.41) is 6.06. The molecule has 6 nitrogen and oxygen atoms in total. The van der Waals surface area contributed by atoms with Crippen molar-refractivity contribution in [2.24, 2.45) is 0 Å². The lowest BCUT2D eigenvalue weighted by Crippen LogP contribution is -2.27. The zero-order valence-electron chi connectivity index (χ0n) is 11.4. The summed E-state index contributed by atoms with van der Waals surface area (Å²) >= 11 is 0. The summed E-state index contributed by atoms with van der Waals surface area (Å²) in [6.45, 7) is 4.58. The van der Waals surface area contributed by atoms with Crippen LogP contribution in [0.15, 0.2) is 6.07 Å². The highest BCUT2D eigenvalue weighted by molar-refractivity contribution is 5.77. The molecular weight excluding hydrogens is 242 g/mol. The molecule has 1 heterocycles. The summed E-state index contributed by atoms with van der Waals surface area (Å²) in [7, 11) is 0. The van der Waals surface area contributed by atoms with Crippen molar-refractivity contribution in [1.29, 1.82) is 0 Å². The molecule has 6 heteroatoms.